The molecule has 0 saturated carbocycles. The van der Waals surface area contributed by atoms with Crippen molar-refractivity contribution in [1.29, 1.82) is 0 Å². The average Bonchev–Trinajstić information content (AvgIpc) is 2.47. The van der Waals surface area contributed by atoms with Crippen LogP contribution in [0.25, 0.3) is 0 Å². The number of sulfone groups is 1. The summed E-state index contributed by atoms with van der Waals surface area (Å²) >= 11 is 0. The lowest BCUT2D eigenvalue weighted by molar-refractivity contribution is 0.176. The van der Waals surface area contributed by atoms with Gasteiger partial charge in [0.05, 0.1) is 11.0 Å². The molecule has 1 aromatic rings. The van der Waals surface area contributed by atoms with Gasteiger partial charge in [-0.2, -0.15) is 0 Å². The molecule has 2 atom stereocenters. The minimum atomic E-state index is -2.93. The van der Waals surface area contributed by atoms with E-state index in [1.165, 1.54) is 12.1 Å². The van der Waals surface area contributed by atoms with Gasteiger partial charge in [0.15, 0.2) is 9.84 Å². The summed E-state index contributed by atoms with van der Waals surface area (Å²) in [6.07, 6.45) is 0. The number of hydrogen-bond acceptors (Lipinski definition) is 4. The van der Waals surface area contributed by atoms with Crippen molar-refractivity contribution in [3.63, 3.8) is 0 Å². The number of nitrogens with zero attached hydrogens (tertiary/aromatic N) is 2. The number of rotatable bonds is 5. The molecule has 0 radical (unpaired) electrons. The van der Waals surface area contributed by atoms with Gasteiger partial charge in [0, 0.05) is 32.2 Å². The van der Waals surface area contributed by atoms with E-state index in [1.54, 1.807) is 19.1 Å². The summed E-state index contributed by atoms with van der Waals surface area (Å²) in [5, 5.41) is -0.302. The Morgan fingerprint density at radius 1 is 1.27 bits per heavy atom. The van der Waals surface area contributed by atoms with Crippen LogP contribution in [0.15, 0.2) is 24.3 Å². The van der Waals surface area contributed by atoms with Gasteiger partial charge in [-0.15, -0.1) is 0 Å². The second-order valence-corrected chi connectivity index (χ2v) is 8.69. The third kappa shape index (κ3) is 4.27. The minimum absolute atomic E-state index is 0.0537. The van der Waals surface area contributed by atoms with Crippen molar-refractivity contribution in [3.8, 4) is 0 Å². The molecule has 1 saturated heterocycles. The van der Waals surface area contributed by atoms with Crippen LogP contribution in [0.1, 0.15) is 19.4 Å². The van der Waals surface area contributed by atoms with Gasteiger partial charge in [0.1, 0.15) is 5.82 Å². The van der Waals surface area contributed by atoms with Gasteiger partial charge in [-0.25, -0.2) is 12.8 Å². The average molecular weight is 328 g/mol. The molecular formula is C16H25FN2O2S. The van der Waals surface area contributed by atoms with E-state index in [4.69, 9.17) is 0 Å². The van der Waals surface area contributed by atoms with Crippen LogP contribution >= 0.6 is 0 Å². The maximum Gasteiger partial charge on any atom is 0.155 e. The van der Waals surface area contributed by atoms with Crippen LogP contribution in [-0.2, 0) is 16.4 Å². The van der Waals surface area contributed by atoms with Crippen molar-refractivity contribution in [2.24, 2.45) is 0 Å². The second-order valence-electron chi connectivity index (χ2n) is 6.21. The van der Waals surface area contributed by atoms with Crippen LogP contribution in [0.3, 0.4) is 0 Å². The van der Waals surface area contributed by atoms with Gasteiger partial charge >= 0.3 is 0 Å². The Morgan fingerprint density at radius 2 is 1.91 bits per heavy atom. The van der Waals surface area contributed by atoms with Crippen molar-refractivity contribution in [2.75, 3.05) is 32.4 Å². The van der Waals surface area contributed by atoms with Crippen molar-refractivity contribution in [2.45, 2.75) is 31.7 Å². The van der Waals surface area contributed by atoms with Gasteiger partial charge in [-0.05, 0) is 38.6 Å². The first kappa shape index (κ1) is 17.4. The molecule has 6 heteroatoms. The summed E-state index contributed by atoms with van der Waals surface area (Å²) in [6.45, 7) is 6.86. The van der Waals surface area contributed by atoms with Crippen molar-refractivity contribution in [3.05, 3.63) is 35.6 Å². The summed E-state index contributed by atoms with van der Waals surface area (Å²) < 4.78 is 36.6. The first-order valence-electron chi connectivity index (χ1n) is 7.68. The molecule has 22 heavy (non-hydrogen) atoms. The van der Waals surface area contributed by atoms with Crippen LogP contribution in [0.4, 0.5) is 4.39 Å². The Balaban J connectivity index is 1.83. The Morgan fingerprint density at radius 3 is 2.55 bits per heavy atom. The first-order valence-corrected chi connectivity index (χ1v) is 9.40. The Bertz CT molecular complexity index is 589. The molecule has 2 rings (SSSR count). The van der Waals surface area contributed by atoms with E-state index in [0.717, 1.165) is 25.2 Å². The molecule has 0 bridgehead atoms. The van der Waals surface area contributed by atoms with Crippen LogP contribution in [0, 0.1) is 5.82 Å². The minimum Gasteiger partial charge on any atom is -0.301 e. The standard InChI is InChI=1S/C16H25FN2O2S/c1-13-14(2)22(20,21)11-10-19(13)9-8-18(3)12-15-4-6-16(17)7-5-15/h4-7,13-14H,8-12H2,1-3H3/t13-,14-/m0/s1. The van der Waals surface area contributed by atoms with Crippen LogP contribution in [-0.4, -0.2) is 61.9 Å². The van der Waals surface area contributed by atoms with Gasteiger partial charge in [-0.1, -0.05) is 12.1 Å². The quantitative estimate of drug-likeness (QED) is 0.826. The van der Waals surface area contributed by atoms with Gasteiger partial charge in [-0.3, -0.25) is 4.90 Å². The van der Waals surface area contributed by atoms with E-state index in [1.807, 2.05) is 14.0 Å². The molecule has 1 aromatic carbocycles. The number of likely N-dealkylation sites (N-methyl/N-ethyl adjacent to an activating group) is 1. The van der Waals surface area contributed by atoms with E-state index in [0.29, 0.717) is 6.54 Å². The summed E-state index contributed by atoms with van der Waals surface area (Å²) in [7, 11) is -0.900. The first-order chi connectivity index (χ1) is 10.3. The smallest absolute Gasteiger partial charge is 0.155 e. The Kier molecular flexibility index (Phi) is 5.58. The molecular weight excluding hydrogens is 303 g/mol. The zero-order valence-corrected chi connectivity index (χ0v) is 14.3. The second kappa shape index (κ2) is 7.06. The molecule has 1 fully saturated rings. The monoisotopic (exact) mass is 328 g/mol. The zero-order chi connectivity index (χ0) is 16.3. The largest absolute Gasteiger partial charge is 0.301 e. The highest BCUT2D eigenvalue weighted by atomic mass is 32.2. The third-order valence-electron chi connectivity index (χ3n) is 4.62. The molecule has 0 aromatic heterocycles. The molecule has 0 N–H and O–H groups in total. The van der Waals surface area contributed by atoms with Crippen LogP contribution in [0.5, 0.6) is 0 Å². The van der Waals surface area contributed by atoms with Gasteiger partial charge in [0.2, 0.25) is 0 Å². The fraction of sp³-hybridized carbons (Fsp3) is 0.625. The summed E-state index contributed by atoms with van der Waals surface area (Å²) in [5.74, 6) is 0.0314. The highest BCUT2D eigenvalue weighted by Crippen LogP contribution is 2.19. The number of halogens is 1. The summed E-state index contributed by atoms with van der Waals surface area (Å²) in [6, 6.07) is 6.59. The fourth-order valence-corrected chi connectivity index (χ4v) is 4.46. The molecule has 124 valence electrons. The topological polar surface area (TPSA) is 40.6 Å². The SMILES string of the molecule is C[C@H]1[C@H](C)S(=O)(=O)CCN1CCN(C)Cc1ccc(F)cc1. The number of benzene rings is 1. The predicted octanol–water partition coefficient (Wildman–Crippen LogP) is 1.76. The normalized spacial score (nSPS) is 25.5. The molecule has 0 amide bonds. The number of hydrogen-bond donors (Lipinski definition) is 0. The fourth-order valence-electron chi connectivity index (χ4n) is 2.83. The molecule has 0 unspecified atom stereocenters. The van der Waals surface area contributed by atoms with E-state index in [2.05, 4.69) is 9.80 Å². The lowest BCUT2D eigenvalue weighted by Crippen LogP contribution is -2.53. The summed E-state index contributed by atoms with van der Waals surface area (Å²) in [4.78, 5) is 4.42. The molecule has 0 spiro atoms. The van der Waals surface area contributed by atoms with E-state index in [-0.39, 0.29) is 22.9 Å². The molecule has 0 aliphatic carbocycles. The summed E-state index contributed by atoms with van der Waals surface area (Å²) in [5.41, 5.74) is 1.08. The zero-order valence-electron chi connectivity index (χ0n) is 13.5. The molecule has 1 heterocycles. The predicted molar refractivity (Wildman–Crippen MR) is 87.0 cm³/mol. The van der Waals surface area contributed by atoms with Gasteiger partial charge < -0.3 is 4.90 Å². The maximum absolute atomic E-state index is 12.9. The van der Waals surface area contributed by atoms with E-state index in [9.17, 15) is 12.8 Å². The highest BCUT2D eigenvalue weighted by molar-refractivity contribution is 7.92. The van der Waals surface area contributed by atoms with E-state index < -0.39 is 9.84 Å². The van der Waals surface area contributed by atoms with E-state index >= 15 is 0 Å². The Hall–Kier alpha value is -0.980. The van der Waals surface area contributed by atoms with Gasteiger partial charge in [0.25, 0.3) is 0 Å². The maximum atomic E-state index is 12.9. The van der Waals surface area contributed by atoms with Crippen molar-refractivity contribution in [1.82, 2.24) is 9.80 Å². The lowest BCUT2D eigenvalue weighted by atomic mass is 10.2. The van der Waals surface area contributed by atoms with Crippen molar-refractivity contribution >= 4 is 9.84 Å². The Labute approximate surface area is 132 Å². The lowest BCUT2D eigenvalue weighted by Gasteiger charge is -2.38. The van der Waals surface area contributed by atoms with Crippen molar-refractivity contribution < 1.29 is 12.8 Å². The third-order valence-corrected chi connectivity index (χ3v) is 6.90. The van der Waals surface area contributed by atoms with Crippen LogP contribution < -0.4 is 0 Å². The van der Waals surface area contributed by atoms with Crippen LogP contribution in [0.2, 0.25) is 0 Å². The molecule has 4 nitrogen and oxygen atoms in total. The molecule has 1 aliphatic rings. The molecule has 1 aliphatic heterocycles. The highest BCUT2D eigenvalue weighted by Gasteiger charge is 2.35.